The Morgan fingerprint density at radius 1 is 1.31 bits per heavy atom. The summed E-state index contributed by atoms with van der Waals surface area (Å²) in [6.07, 6.45) is 5.02. The highest BCUT2D eigenvalue weighted by atomic mass is 16.3. The minimum Gasteiger partial charge on any atom is -0.390 e. The molecule has 2 N–H and O–H groups in total. The molecule has 1 aliphatic heterocycles. The molecule has 0 aliphatic carbocycles. The van der Waals surface area contributed by atoms with Crippen molar-refractivity contribution in [3.8, 4) is 0 Å². The second kappa shape index (κ2) is 8.92. The predicted octanol–water partition coefficient (Wildman–Crippen LogP) is 2.07. The zero-order valence-electron chi connectivity index (χ0n) is 15.3. The Labute approximate surface area is 155 Å². The highest BCUT2D eigenvalue weighted by molar-refractivity contribution is 5.76. The molecule has 5 heteroatoms. The number of pyridine rings is 1. The van der Waals surface area contributed by atoms with Gasteiger partial charge >= 0.3 is 0 Å². The van der Waals surface area contributed by atoms with E-state index in [1.54, 1.807) is 6.20 Å². The van der Waals surface area contributed by atoms with Gasteiger partial charge in [0.2, 0.25) is 5.91 Å². The molecule has 1 amide bonds. The number of likely N-dealkylation sites (tertiary alicyclic amines) is 1. The predicted molar refractivity (Wildman–Crippen MR) is 102 cm³/mol. The van der Waals surface area contributed by atoms with E-state index in [1.807, 2.05) is 30.5 Å². The number of hydrogen-bond donors (Lipinski definition) is 2. The minimum absolute atomic E-state index is 0.0120. The van der Waals surface area contributed by atoms with Gasteiger partial charge in [-0.05, 0) is 42.5 Å². The number of carbonyl (C=O) groups is 1. The topological polar surface area (TPSA) is 65.5 Å². The fourth-order valence-corrected chi connectivity index (χ4v) is 3.48. The van der Waals surface area contributed by atoms with Crippen LogP contribution >= 0.6 is 0 Å². The first-order valence-electron chi connectivity index (χ1n) is 9.25. The van der Waals surface area contributed by atoms with E-state index in [-0.39, 0.29) is 11.9 Å². The SMILES string of the molecule is Cc1ccccc1CCC(=O)N[C@@H]1CCN(Cc2cccnc2)C[C@H]1O. The third kappa shape index (κ3) is 5.13. The van der Waals surface area contributed by atoms with E-state index in [2.05, 4.69) is 34.3 Å². The third-order valence-corrected chi connectivity index (χ3v) is 5.02. The van der Waals surface area contributed by atoms with Crippen LogP contribution in [0.3, 0.4) is 0 Å². The maximum Gasteiger partial charge on any atom is 0.220 e. The molecule has 0 radical (unpaired) electrons. The van der Waals surface area contributed by atoms with Crippen LogP contribution < -0.4 is 5.32 Å². The molecule has 0 bridgehead atoms. The molecular formula is C21H27N3O2. The molecule has 0 unspecified atom stereocenters. The summed E-state index contributed by atoms with van der Waals surface area (Å²) in [5.74, 6) is 0.0120. The number of nitrogens with zero attached hydrogens (tertiary/aromatic N) is 2. The highest BCUT2D eigenvalue weighted by Gasteiger charge is 2.28. The molecule has 5 nitrogen and oxygen atoms in total. The Morgan fingerprint density at radius 2 is 2.15 bits per heavy atom. The molecule has 0 saturated carbocycles. The van der Waals surface area contributed by atoms with E-state index in [4.69, 9.17) is 0 Å². The summed E-state index contributed by atoms with van der Waals surface area (Å²) in [5.41, 5.74) is 3.55. The number of amides is 1. The van der Waals surface area contributed by atoms with Crippen LogP contribution in [0.2, 0.25) is 0 Å². The van der Waals surface area contributed by atoms with Crippen LogP contribution in [0.25, 0.3) is 0 Å². The summed E-state index contributed by atoms with van der Waals surface area (Å²) < 4.78 is 0. The van der Waals surface area contributed by atoms with Crippen molar-refractivity contribution in [2.75, 3.05) is 13.1 Å². The monoisotopic (exact) mass is 353 g/mol. The van der Waals surface area contributed by atoms with Crippen molar-refractivity contribution in [2.24, 2.45) is 0 Å². The van der Waals surface area contributed by atoms with E-state index in [9.17, 15) is 9.90 Å². The summed E-state index contributed by atoms with van der Waals surface area (Å²) in [5, 5.41) is 13.4. The standard InChI is InChI=1S/C21H27N3O2/c1-16-5-2-3-7-18(16)8-9-21(26)23-19-10-12-24(15-20(19)25)14-17-6-4-11-22-13-17/h2-7,11,13,19-20,25H,8-10,12,14-15H2,1H3,(H,23,26)/t19-,20-/m1/s1. The lowest BCUT2D eigenvalue weighted by atomic mass is 10.00. The van der Waals surface area contributed by atoms with Crippen LogP contribution in [-0.2, 0) is 17.8 Å². The molecule has 1 saturated heterocycles. The number of aryl methyl sites for hydroxylation is 2. The zero-order chi connectivity index (χ0) is 18.4. The fraction of sp³-hybridized carbons (Fsp3) is 0.429. The maximum absolute atomic E-state index is 12.3. The van der Waals surface area contributed by atoms with Crippen molar-refractivity contribution in [1.29, 1.82) is 0 Å². The minimum atomic E-state index is -0.539. The van der Waals surface area contributed by atoms with E-state index in [0.717, 1.165) is 31.5 Å². The fourth-order valence-electron chi connectivity index (χ4n) is 3.48. The zero-order valence-corrected chi connectivity index (χ0v) is 15.3. The maximum atomic E-state index is 12.3. The third-order valence-electron chi connectivity index (χ3n) is 5.02. The number of aliphatic hydroxyl groups is 1. The lowest BCUT2D eigenvalue weighted by Crippen LogP contribution is -2.53. The molecule has 2 aromatic rings. The molecule has 2 heterocycles. The Morgan fingerprint density at radius 3 is 2.88 bits per heavy atom. The van der Waals surface area contributed by atoms with Crippen LogP contribution in [-0.4, -0.2) is 46.1 Å². The molecule has 1 aliphatic rings. The number of benzene rings is 1. The number of rotatable bonds is 6. The van der Waals surface area contributed by atoms with Crippen molar-refractivity contribution in [3.63, 3.8) is 0 Å². The number of hydrogen-bond acceptors (Lipinski definition) is 4. The number of aliphatic hydroxyl groups excluding tert-OH is 1. The van der Waals surface area contributed by atoms with Crippen molar-refractivity contribution >= 4 is 5.91 Å². The van der Waals surface area contributed by atoms with Crippen LogP contribution in [0.1, 0.15) is 29.5 Å². The average Bonchev–Trinajstić information content (AvgIpc) is 2.64. The van der Waals surface area contributed by atoms with E-state index >= 15 is 0 Å². The van der Waals surface area contributed by atoms with Gasteiger partial charge in [-0.2, -0.15) is 0 Å². The second-order valence-corrected chi connectivity index (χ2v) is 7.05. The van der Waals surface area contributed by atoms with Gasteiger partial charge in [-0.15, -0.1) is 0 Å². The van der Waals surface area contributed by atoms with Gasteiger partial charge in [0.25, 0.3) is 0 Å². The van der Waals surface area contributed by atoms with Gasteiger partial charge in [-0.1, -0.05) is 30.3 Å². The first kappa shape index (κ1) is 18.5. The van der Waals surface area contributed by atoms with Gasteiger partial charge in [0.15, 0.2) is 0 Å². The van der Waals surface area contributed by atoms with Crippen molar-refractivity contribution in [1.82, 2.24) is 15.2 Å². The molecule has 2 atom stereocenters. The van der Waals surface area contributed by atoms with Gasteiger partial charge in [0.1, 0.15) is 0 Å². The Kier molecular flexibility index (Phi) is 6.36. The molecular weight excluding hydrogens is 326 g/mol. The Balaban J connectivity index is 1.44. The van der Waals surface area contributed by atoms with Crippen LogP contribution in [0, 0.1) is 6.92 Å². The van der Waals surface area contributed by atoms with Crippen molar-refractivity contribution < 1.29 is 9.90 Å². The van der Waals surface area contributed by atoms with E-state index in [0.29, 0.717) is 13.0 Å². The van der Waals surface area contributed by atoms with Gasteiger partial charge in [0.05, 0.1) is 12.1 Å². The summed E-state index contributed by atoms with van der Waals surface area (Å²) in [7, 11) is 0. The summed E-state index contributed by atoms with van der Waals surface area (Å²) in [6, 6.07) is 11.9. The largest absolute Gasteiger partial charge is 0.390 e. The van der Waals surface area contributed by atoms with Crippen molar-refractivity contribution in [3.05, 3.63) is 65.5 Å². The first-order valence-corrected chi connectivity index (χ1v) is 9.25. The molecule has 3 rings (SSSR count). The number of β-amino-alcohol motifs (C(OH)–C–C–N with tert-alkyl or cyclic N) is 1. The van der Waals surface area contributed by atoms with Crippen molar-refractivity contribution in [2.45, 2.75) is 44.9 Å². The molecule has 26 heavy (non-hydrogen) atoms. The van der Waals surface area contributed by atoms with Gasteiger partial charge in [-0.25, -0.2) is 0 Å². The molecule has 1 aromatic carbocycles. The number of carbonyl (C=O) groups excluding carboxylic acids is 1. The lowest BCUT2D eigenvalue weighted by molar-refractivity contribution is -0.123. The summed E-state index contributed by atoms with van der Waals surface area (Å²) >= 11 is 0. The molecule has 1 fully saturated rings. The number of aromatic nitrogens is 1. The molecule has 138 valence electrons. The summed E-state index contributed by atoms with van der Waals surface area (Å²) in [4.78, 5) is 18.6. The van der Waals surface area contributed by atoms with Crippen LogP contribution in [0.4, 0.5) is 0 Å². The highest BCUT2D eigenvalue weighted by Crippen LogP contribution is 2.15. The summed E-state index contributed by atoms with van der Waals surface area (Å²) in [6.45, 7) is 4.26. The lowest BCUT2D eigenvalue weighted by Gasteiger charge is -2.36. The van der Waals surface area contributed by atoms with Gasteiger partial charge in [-0.3, -0.25) is 14.7 Å². The first-order chi connectivity index (χ1) is 12.6. The smallest absolute Gasteiger partial charge is 0.220 e. The normalized spacial score (nSPS) is 20.7. The van der Waals surface area contributed by atoms with E-state index < -0.39 is 6.10 Å². The number of piperidine rings is 1. The van der Waals surface area contributed by atoms with Crippen LogP contribution in [0.5, 0.6) is 0 Å². The average molecular weight is 353 g/mol. The Hall–Kier alpha value is -2.24. The molecule has 1 aromatic heterocycles. The van der Waals surface area contributed by atoms with Gasteiger partial charge in [0, 0.05) is 38.4 Å². The second-order valence-electron chi connectivity index (χ2n) is 7.05. The van der Waals surface area contributed by atoms with Gasteiger partial charge < -0.3 is 10.4 Å². The molecule has 0 spiro atoms. The van der Waals surface area contributed by atoms with Crippen LogP contribution in [0.15, 0.2) is 48.8 Å². The number of nitrogens with one attached hydrogen (secondary N) is 1. The Bertz CT molecular complexity index is 720. The quantitative estimate of drug-likeness (QED) is 0.834. The van der Waals surface area contributed by atoms with E-state index in [1.165, 1.54) is 11.1 Å².